The van der Waals surface area contributed by atoms with Gasteiger partial charge in [-0.3, -0.25) is 0 Å². The van der Waals surface area contributed by atoms with Crippen LogP contribution in [-0.4, -0.2) is 7.11 Å². The van der Waals surface area contributed by atoms with Crippen LogP contribution in [0.5, 0.6) is 0 Å². The lowest BCUT2D eigenvalue weighted by Gasteiger charge is -2.01. The van der Waals surface area contributed by atoms with E-state index in [0.717, 1.165) is 5.56 Å². The highest BCUT2D eigenvalue weighted by molar-refractivity contribution is 7.07. The molecule has 1 rings (SSSR count). The lowest BCUT2D eigenvalue weighted by molar-refractivity contribution is 0.149. The van der Waals surface area contributed by atoms with Crippen molar-refractivity contribution < 1.29 is 4.74 Å². The van der Waals surface area contributed by atoms with E-state index in [0.29, 0.717) is 0 Å². The van der Waals surface area contributed by atoms with Gasteiger partial charge in [-0.2, -0.15) is 16.6 Å². The molecule has 0 aliphatic rings. The molecule has 2 nitrogen and oxygen atoms in total. The zero-order chi connectivity index (χ0) is 7.40. The number of nitriles is 1. The first-order valence-corrected chi connectivity index (χ1v) is 3.77. The van der Waals surface area contributed by atoms with Crippen LogP contribution in [0.15, 0.2) is 16.8 Å². The molecular formula is C7H7NOS. The summed E-state index contributed by atoms with van der Waals surface area (Å²) >= 11 is 1.57. The normalized spacial score (nSPS) is 12.4. The number of hydrogen-bond acceptors (Lipinski definition) is 3. The van der Waals surface area contributed by atoms with Crippen molar-refractivity contribution in [2.24, 2.45) is 0 Å². The summed E-state index contributed by atoms with van der Waals surface area (Å²) in [7, 11) is 1.53. The zero-order valence-corrected chi connectivity index (χ0v) is 6.39. The quantitative estimate of drug-likeness (QED) is 0.650. The molecule has 0 aliphatic carbocycles. The van der Waals surface area contributed by atoms with E-state index in [-0.39, 0.29) is 0 Å². The third-order valence-electron chi connectivity index (χ3n) is 1.20. The lowest BCUT2D eigenvalue weighted by atomic mass is 10.2. The van der Waals surface area contributed by atoms with Crippen molar-refractivity contribution in [2.45, 2.75) is 6.10 Å². The Kier molecular flexibility index (Phi) is 2.43. The Morgan fingerprint density at radius 1 is 1.80 bits per heavy atom. The second kappa shape index (κ2) is 3.35. The molecule has 0 saturated carbocycles. The van der Waals surface area contributed by atoms with E-state index >= 15 is 0 Å². The molecule has 0 N–H and O–H groups in total. The second-order valence-corrected chi connectivity index (χ2v) is 2.58. The fourth-order valence-electron chi connectivity index (χ4n) is 0.688. The van der Waals surface area contributed by atoms with Crippen LogP contribution in [0, 0.1) is 11.3 Å². The Hall–Kier alpha value is -0.850. The highest BCUT2D eigenvalue weighted by Gasteiger charge is 2.07. The van der Waals surface area contributed by atoms with Crippen LogP contribution in [0.2, 0.25) is 0 Å². The van der Waals surface area contributed by atoms with E-state index in [1.165, 1.54) is 7.11 Å². The molecule has 0 aliphatic heterocycles. The van der Waals surface area contributed by atoms with Gasteiger partial charge in [-0.25, -0.2) is 0 Å². The Labute approximate surface area is 63.7 Å². The number of nitrogens with zero attached hydrogens (tertiary/aromatic N) is 1. The summed E-state index contributed by atoms with van der Waals surface area (Å²) in [5.74, 6) is 0. The van der Waals surface area contributed by atoms with E-state index < -0.39 is 6.10 Å². The number of thiophene rings is 1. The summed E-state index contributed by atoms with van der Waals surface area (Å²) in [6.07, 6.45) is -0.397. The van der Waals surface area contributed by atoms with Gasteiger partial charge in [0.05, 0.1) is 6.07 Å². The van der Waals surface area contributed by atoms with Crippen LogP contribution >= 0.6 is 11.3 Å². The molecule has 3 heteroatoms. The molecule has 1 atom stereocenters. The molecular weight excluding hydrogens is 146 g/mol. The standard InChI is InChI=1S/C7H7NOS/c1-9-7(4-8)6-2-3-10-5-6/h2-3,5,7H,1H3/t7-/m1/s1. The van der Waals surface area contributed by atoms with Crippen LogP contribution in [-0.2, 0) is 4.74 Å². The van der Waals surface area contributed by atoms with Gasteiger partial charge in [0.25, 0.3) is 0 Å². The maximum atomic E-state index is 8.53. The Morgan fingerprint density at radius 2 is 2.60 bits per heavy atom. The number of hydrogen-bond donors (Lipinski definition) is 0. The Balaban J connectivity index is 2.76. The van der Waals surface area contributed by atoms with Crippen LogP contribution in [0.3, 0.4) is 0 Å². The number of ether oxygens (including phenoxy) is 1. The topological polar surface area (TPSA) is 33.0 Å². The average Bonchev–Trinajstić information content (AvgIpc) is 2.43. The predicted molar refractivity (Wildman–Crippen MR) is 39.7 cm³/mol. The summed E-state index contributed by atoms with van der Waals surface area (Å²) in [6, 6.07) is 3.93. The minimum Gasteiger partial charge on any atom is -0.362 e. The largest absolute Gasteiger partial charge is 0.362 e. The van der Waals surface area contributed by atoms with Crippen molar-refractivity contribution in [2.75, 3.05) is 7.11 Å². The van der Waals surface area contributed by atoms with Gasteiger partial charge in [-0.15, -0.1) is 0 Å². The zero-order valence-electron chi connectivity index (χ0n) is 5.57. The first kappa shape index (κ1) is 7.26. The van der Waals surface area contributed by atoms with Gasteiger partial charge in [0.2, 0.25) is 0 Å². The van der Waals surface area contributed by atoms with E-state index in [9.17, 15) is 0 Å². The van der Waals surface area contributed by atoms with Gasteiger partial charge in [-0.05, 0) is 16.8 Å². The van der Waals surface area contributed by atoms with E-state index in [1.807, 2.05) is 22.9 Å². The van der Waals surface area contributed by atoms with Gasteiger partial charge in [0.1, 0.15) is 0 Å². The van der Waals surface area contributed by atoms with Crippen LogP contribution in [0.25, 0.3) is 0 Å². The maximum absolute atomic E-state index is 8.53. The van der Waals surface area contributed by atoms with Crippen molar-refractivity contribution in [1.29, 1.82) is 5.26 Å². The van der Waals surface area contributed by atoms with Crippen molar-refractivity contribution in [3.63, 3.8) is 0 Å². The molecule has 0 bridgehead atoms. The minimum atomic E-state index is -0.397. The summed E-state index contributed by atoms with van der Waals surface area (Å²) in [6.45, 7) is 0. The lowest BCUT2D eigenvalue weighted by Crippen LogP contribution is -1.94. The van der Waals surface area contributed by atoms with Crippen LogP contribution in [0.1, 0.15) is 11.7 Å². The monoisotopic (exact) mass is 153 g/mol. The minimum absolute atomic E-state index is 0.397. The molecule has 0 fully saturated rings. The second-order valence-electron chi connectivity index (χ2n) is 1.80. The predicted octanol–water partition coefficient (Wildman–Crippen LogP) is 1.96. The fraction of sp³-hybridized carbons (Fsp3) is 0.286. The summed E-state index contributed by atoms with van der Waals surface area (Å²) in [5, 5.41) is 12.4. The molecule has 1 aromatic heterocycles. The molecule has 52 valence electrons. The first-order chi connectivity index (χ1) is 4.88. The van der Waals surface area contributed by atoms with Crippen LogP contribution < -0.4 is 0 Å². The number of methoxy groups -OCH3 is 1. The third kappa shape index (κ3) is 1.35. The molecule has 1 aromatic rings. The van der Waals surface area contributed by atoms with Gasteiger partial charge >= 0.3 is 0 Å². The molecule has 10 heavy (non-hydrogen) atoms. The summed E-state index contributed by atoms with van der Waals surface area (Å²) in [5.41, 5.74) is 0.940. The van der Waals surface area contributed by atoms with Crippen molar-refractivity contribution in [3.8, 4) is 6.07 Å². The van der Waals surface area contributed by atoms with E-state index in [4.69, 9.17) is 10.00 Å². The highest BCUT2D eigenvalue weighted by Crippen LogP contribution is 2.17. The van der Waals surface area contributed by atoms with Gasteiger partial charge in [0.15, 0.2) is 6.10 Å². The SMILES string of the molecule is CO[C@H](C#N)c1ccsc1. The van der Waals surface area contributed by atoms with Crippen molar-refractivity contribution in [1.82, 2.24) is 0 Å². The maximum Gasteiger partial charge on any atom is 0.169 e. The highest BCUT2D eigenvalue weighted by atomic mass is 32.1. The summed E-state index contributed by atoms with van der Waals surface area (Å²) in [4.78, 5) is 0. The fourth-order valence-corrected chi connectivity index (χ4v) is 1.36. The van der Waals surface area contributed by atoms with Gasteiger partial charge in [0, 0.05) is 12.7 Å². The molecule has 0 saturated heterocycles. The van der Waals surface area contributed by atoms with Crippen molar-refractivity contribution in [3.05, 3.63) is 22.4 Å². The smallest absolute Gasteiger partial charge is 0.169 e. The van der Waals surface area contributed by atoms with E-state index in [2.05, 4.69) is 0 Å². The molecule has 0 radical (unpaired) electrons. The van der Waals surface area contributed by atoms with Gasteiger partial charge < -0.3 is 4.74 Å². The van der Waals surface area contributed by atoms with Crippen molar-refractivity contribution >= 4 is 11.3 Å². The molecule has 0 spiro atoms. The summed E-state index contributed by atoms with van der Waals surface area (Å²) < 4.78 is 4.89. The van der Waals surface area contributed by atoms with Gasteiger partial charge in [-0.1, -0.05) is 0 Å². The number of rotatable bonds is 2. The van der Waals surface area contributed by atoms with E-state index in [1.54, 1.807) is 11.3 Å². The Morgan fingerprint density at radius 3 is 3.00 bits per heavy atom. The first-order valence-electron chi connectivity index (χ1n) is 2.83. The molecule has 0 aromatic carbocycles. The Bertz CT molecular complexity index is 224. The van der Waals surface area contributed by atoms with Crippen LogP contribution in [0.4, 0.5) is 0 Å². The third-order valence-corrected chi connectivity index (χ3v) is 1.90. The molecule has 1 heterocycles. The average molecular weight is 153 g/mol. The molecule has 0 amide bonds. The molecule has 0 unspecified atom stereocenters.